The molecule has 1 heterocycles. The number of aryl methyl sites for hydroxylation is 1. The normalized spacial score (nSPS) is 29.5. The lowest BCUT2D eigenvalue weighted by atomic mass is 9.76. The van der Waals surface area contributed by atoms with Gasteiger partial charge in [0.2, 0.25) is 0 Å². The summed E-state index contributed by atoms with van der Waals surface area (Å²) in [6.45, 7) is 4.22. The van der Waals surface area contributed by atoms with Crippen molar-refractivity contribution < 1.29 is 5.11 Å². The van der Waals surface area contributed by atoms with Gasteiger partial charge in [0.15, 0.2) is 0 Å². The molecule has 0 amide bonds. The van der Waals surface area contributed by atoms with E-state index in [1.54, 1.807) is 0 Å². The van der Waals surface area contributed by atoms with Crippen molar-refractivity contribution in [3.63, 3.8) is 0 Å². The van der Waals surface area contributed by atoms with Crippen molar-refractivity contribution in [3.05, 3.63) is 17.7 Å². The first kappa shape index (κ1) is 12.6. The monoisotopic (exact) mass is 236 g/mol. The largest absolute Gasteiger partial charge is 0.384 e. The number of imidazole rings is 1. The fourth-order valence-corrected chi connectivity index (χ4v) is 3.04. The van der Waals surface area contributed by atoms with E-state index in [1.807, 2.05) is 24.7 Å². The van der Waals surface area contributed by atoms with E-state index in [-0.39, 0.29) is 0 Å². The number of hydrogen-bond donors (Lipinski definition) is 1. The third kappa shape index (κ3) is 2.39. The van der Waals surface area contributed by atoms with Crippen LogP contribution >= 0.6 is 0 Å². The molecule has 17 heavy (non-hydrogen) atoms. The van der Waals surface area contributed by atoms with Crippen LogP contribution in [0.5, 0.6) is 0 Å². The average Bonchev–Trinajstić information content (AvgIpc) is 2.64. The van der Waals surface area contributed by atoms with Crippen LogP contribution in [0.25, 0.3) is 0 Å². The van der Waals surface area contributed by atoms with Crippen molar-refractivity contribution in [1.29, 1.82) is 0 Å². The average molecular weight is 236 g/mol. The SMILES string of the molecule is CCCC1CCC(O)(c2cnc(C)n2C)CC1. The number of aliphatic hydroxyl groups is 1. The zero-order valence-electron chi connectivity index (χ0n) is 11.2. The number of nitrogens with zero attached hydrogens (tertiary/aromatic N) is 2. The second-order valence-electron chi connectivity index (χ2n) is 5.51. The van der Waals surface area contributed by atoms with Crippen molar-refractivity contribution in [2.75, 3.05) is 0 Å². The van der Waals surface area contributed by atoms with Crippen LogP contribution < -0.4 is 0 Å². The van der Waals surface area contributed by atoms with Crippen LogP contribution in [0, 0.1) is 12.8 Å². The molecule has 2 rings (SSSR count). The Balaban J connectivity index is 2.09. The highest BCUT2D eigenvalue weighted by Gasteiger charge is 2.36. The molecular formula is C14H24N2O. The summed E-state index contributed by atoms with van der Waals surface area (Å²) in [7, 11) is 1.99. The molecule has 0 aromatic carbocycles. The zero-order valence-corrected chi connectivity index (χ0v) is 11.2. The molecule has 3 heteroatoms. The molecule has 1 N–H and O–H groups in total. The van der Waals surface area contributed by atoms with E-state index in [2.05, 4.69) is 11.9 Å². The predicted octanol–water partition coefficient (Wildman–Crippen LogP) is 2.91. The minimum absolute atomic E-state index is 0.639. The first-order valence-electron chi connectivity index (χ1n) is 6.78. The lowest BCUT2D eigenvalue weighted by molar-refractivity contribution is -0.0213. The highest BCUT2D eigenvalue weighted by atomic mass is 16.3. The van der Waals surface area contributed by atoms with Crippen LogP contribution in [-0.2, 0) is 12.6 Å². The molecule has 3 nitrogen and oxygen atoms in total. The summed E-state index contributed by atoms with van der Waals surface area (Å²) >= 11 is 0. The van der Waals surface area contributed by atoms with E-state index in [9.17, 15) is 5.11 Å². The highest BCUT2D eigenvalue weighted by molar-refractivity contribution is 5.14. The maximum Gasteiger partial charge on any atom is 0.106 e. The fraction of sp³-hybridized carbons (Fsp3) is 0.786. The van der Waals surface area contributed by atoms with Gasteiger partial charge in [-0.1, -0.05) is 19.8 Å². The van der Waals surface area contributed by atoms with E-state index in [4.69, 9.17) is 0 Å². The Hall–Kier alpha value is -0.830. The summed E-state index contributed by atoms with van der Waals surface area (Å²) in [4.78, 5) is 4.29. The maximum atomic E-state index is 10.8. The molecule has 1 aliphatic carbocycles. The smallest absolute Gasteiger partial charge is 0.106 e. The third-order valence-corrected chi connectivity index (χ3v) is 4.33. The molecule has 1 aromatic heterocycles. The minimum atomic E-state index is -0.639. The van der Waals surface area contributed by atoms with Crippen molar-refractivity contribution >= 4 is 0 Å². The predicted molar refractivity (Wildman–Crippen MR) is 68.7 cm³/mol. The Morgan fingerprint density at radius 3 is 2.59 bits per heavy atom. The van der Waals surface area contributed by atoms with Crippen LogP contribution in [-0.4, -0.2) is 14.7 Å². The van der Waals surface area contributed by atoms with Crippen molar-refractivity contribution in [2.24, 2.45) is 13.0 Å². The molecule has 0 spiro atoms. The Kier molecular flexibility index (Phi) is 3.57. The van der Waals surface area contributed by atoms with Gasteiger partial charge in [0.05, 0.1) is 11.9 Å². The quantitative estimate of drug-likeness (QED) is 0.876. The molecule has 0 unspecified atom stereocenters. The Bertz CT molecular complexity index is 376. The van der Waals surface area contributed by atoms with Crippen LogP contribution in [0.2, 0.25) is 0 Å². The number of hydrogen-bond acceptors (Lipinski definition) is 2. The fourth-order valence-electron chi connectivity index (χ4n) is 3.04. The highest BCUT2D eigenvalue weighted by Crippen LogP contribution is 2.40. The van der Waals surface area contributed by atoms with Crippen LogP contribution in [0.4, 0.5) is 0 Å². The number of aromatic nitrogens is 2. The van der Waals surface area contributed by atoms with Crippen molar-refractivity contribution in [2.45, 2.75) is 58.0 Å². The summed E-state index contributed by atoms with van der Waals surface area (Å²) in [6.07, 6.45) is 8.47. The van der Waals surface area contributed by atoms with Gasteiger partial charge in [0.25, 0.3) is 0 Å². The molecule has 0 bridgehead atoms. The van der Waals surface area contributed by atoms with Crippen LogP contribution in [0.1, 0.15) is 57.0 Å². The first-order chi connectivity index (χ1) is 8.07. The summed E-state index contributed by atoms with van der Waals surface area (Å²) < 4.78 is 2.03. The van der Waals surface area contributed by atoms with E-state index < -0.39 is 5.60 Å². The van der Waals surface area contributed by atoms with Gasteiger partial charge >= 0.3 is 0 Å². The maximum absolute atomic E-state index is 10.8. The first-order valence-corrected chi connectivity index (χ1v) is 6.78. The van der Waals surface area contributed by atoms with Gasteiger partial charge < -0.3 is 9.67 Å². The molecule has 1 fully saturated rings. The van der Waals surface area contributed by atoms with Gasteiger partial charge in [-0.05, 0) is 38.5 Å². The van der Waals surface area contributed by atoms with E-state index in [1.165, 1.54) is 12.8 Å². The van der Waals surface area contributed by atoms with Crippen LogP contribution in [0.3, 0.4) is 0 Å². The second-order valence-corrected chi connectivity index (χ2v) is 5.51. The van der Waals surface area contributed by atoms with Gasteiger partial charge in [-0.25, -0.2) is 4.98 Å². The van der Waals surface area contributed by atoms with Crippen molar-refractivity contribution in [1.82, 2.24) is 9.55 Å². The standard InChI is InChI=1S/C14H24N2O/c1-4-5-12-6-8-14(17,9-7-12)13-10-15-11(2)16(13)3/h10,12,17H,4-9H2,1-3H3. The number of rotatable bonds is 3. The zero-order chi connectivity index (χ0) is 12.5. The van der Waals surface area contributed by atoms with Gasteiger partial charge in [-0.3, -0.25) is 0 Å². The van der Waals surface area contributed by atoms with Gasteiger partial charge in [-0.2, -0.15) is 0 Å². The molecule has 0 atom stereocenters. The van der Waals surface area contributed by atoms with Gasteiger partial charge in [-0.15, -0.1) is 0 Å². The van der Waals surface area contributed by atoms with Gasteiger partial charge in [0, 0.05) is 7.05 Å². The topological polar surface area (TPSA) is 38.1 Å². The second kappa shape index (κ2) is 4.81. The molecule has 0 saturated heterocycles. The Morgan fingerprint density at radius 2 is 2.12 bits per heavy atom. The van der Waals surface area contributed by atoms with Crippen molar-refractivity contribution in [3.8, 4) is 0 Å². The van der Waals surface area contributed by atoms with Gasteiger partial charge in [0.1, 0.15) is 11.4 Å². The molecule has 1 aliphatic rings. The lowest BCUT2D eigenvalue weighted by Gasteiger charge is -2.36. The van der Waals surface area contributed by atoms with E-state index >= 15 is 0 Å². The molecule has 0 aliphatic heterocycles. The van der Waals surface area contributed by atoms with E-state index in [0.29, 0.717) is 0 Å². The molecule has 1 aromatic rings. The molecule has 96 valence electrons. The molecule has 0 radical (unpaired) electrons. The third-order valence-electron chi connectivity index (χ3n) is 4.33. The summed E-state index contributed by atoms with van der Waals surface area (Å²) in [5.41, 5.74) is 0.352. The van der Waals surface area contributed by atoms with Crippen LogP contribution in [0.15, 0.2) is 6.20 Å². The summed E-state index contributed by atoms with van der Waals surface area (Å²) in [5, 5.41) is 10.8. The Labute approximate surface area is 104 Å². The molecular weight excluding hydrogens is 212 g/mol. The molecule has 1 saturated carbocycles. The summed E-state index contributed by atoms with van der Waals surface area (Å²) in [6, 6.07) is 0. The van der Waals surface area contributed by atoms with E-state index in [0.717, 1.165) is 43.1 Å². The Morgan fingerprint density at radius 1 is 1.47 bits per heavy atom. The summed E-state index contributed by atoms with van der Waals surface area (Å²) in [5.74, 6) is 1.79. The lowest BCUT2D eigenvalue weighted by Crippen LogP contribution is -2.33. The minimum Gasteiger partial charge on any atom is -0.384 e.